The molecule has 2 rings (SSSR count). The highest BCUT2D eigenvalue weighted by molar-refractivity contribution is 5.89. The van der Waals surface area contributed by atoms with E-state index in [1.165, 1.54) is 0 Å². The van der Waals surface area contributed by atoms with E-state index in [9.17, 15) is 9.59 Å². The van der Waals surface area contributed by atoms with Gasteiger partial charge in [0.05, 0.1) is 5.56 Å². The zero-order chi connectivity index (χ0) is 14.7. The number of hydrogen-bond donors (Lipinski definition) is 1. The van der Waals surface area contributed by atoms with Gasteiger partial charge >= 0.3 is 5.97 Å². The van der Waals surface area contributed by atoms with Gasteiger partial charge in [0, 0.05) is 19.5 Å². The van der Waals surface area contributed by atoms with Crippen molar-refractivity contribution in [1.29, 1.82) is 0 Å². The quantitative estimate of drug-likeness (QED) is 0.867. The van der Waals surface area contributed by atoms with Crippen molar-refractivity contribution in [1.82, 2.24) is 4.90 Å². The van der Waals surface area contributed by atoms with Gasteiger partial charge in [-0.25, -0.2) is 4.79 Å². The maximum Gasteiger partial charge on any atom is 0.335 e. The summed E-state index contributed by atoms with van der Waals surface area (Å²) in [5.74, 6) is -0.104. The lowest BCUT2D eigenvalue weighted by atomic mass is 10.0. The van der Waals surface area contributed by atoms with Gasteiger partial charge in [0.2, 0.25) is 5.91 Å². The predicted molar refractivity (Wildman–Crippen MR) is 76.6 cm³/mol. The fraction of sp³-hybridized carbons (Fsp3) is 0.500. The Morgan fingerprint density at radius 1 is 1.35 bits per heavy atom. The van der Waals surface area contributed by atoms with Crippen molar-refractivity contribution in [3.8, 4) is 0 Å². The van der Waals surface area contributed by atoms with E-state index >= 15 is 0 Å². The lowest BCUT2D eigenvalue weighted by Crippen LogP contribution is -2.34. The van der Waals surface area contributed by atoms with Crippen molar-refractivity contribution in [2.45, 2.75) is 26.2 Å². The Morgan fingerprint density at radius 2 is 2.00 bits per heavy atom. The van der Waals surface area contributed by atoms with Gasteiger partial charge in [-0.3, -0.25) is 4.79 Å². The van der Waals surface area contributed by atoms with Crippen LogP contribution in [0.1, 0.15) is 35.7 Å². The Labute approximate surface area is 119 Å². The summed E-state index contributed by atoms with van der Waals surface area (Å²) in [6.07, 6.45) is 2.88. The van der Waals surface area contributed by atoms with Crippen LogP contribution in [0, 0.1) is 11.8 Å². The summed E-state index contributed by atoms with van der Waals surface area (Å²) in [5.41, 5.74) is 1.10. The second-order valence-electron chi connectivity index (χ2n) is 5.60. The molecule has 4 nitrogen and oxygen atoms in total. The summed E-state index contributed by atoms with van der Waals surface area (Å²) in [5, 5.41) is 9.13. The first-order chi connectivity index (χ1) is 9.50. The van der Waals surface area contributed by atoms with Crippen molar-refractivity contribution in [2.24, 2.45) is 11.8 Å². The first-order valence-corrected chi connectivity index (χ1v) is 7.07. The third kappa shape index (κ3) is 3.38. The van der Waals surface area contributed by atoms with Crippen molar-refractivity contribution in [3.05, 3.63) is 35.4 Å². The third-order valence-corrected chi connectivity index (χ3v) is 4.06. The molecule has 1 atom stereocenters. The number of amides is 1. The molecule has 4 heteroatoms. The molecule has 0 saturated heterocycles. The van der Waals surface area contributed by atoms with Crippen molar-refractivity contribution in [3.63, 3.8) is 0 Å². The lowest BCUT2D eigenvalue weighted by Gasteiger charge is -2.21. The van der Waals surface area contributed by atoms with Crippen LogP contribution in [0.5, 0.6) is 0 Å². The Balaban J connectivity index is 1.94. The molecule has 1 fully saturated rings. The summed E-state index contributed by atoms with van der Waals surface area (Å²) >= 11 is 0. The van der Waals surface area contributed by atoms with E-state index in [1.807, 2.05) is 19.1 Å². The van der Waals surface area contributed by atoms with Gasteiger partial charge in [0.25, 0.3) is 0 Å². The van der Waals surface area contributed by atoms with E-state index < -0.39 is 5.97 Å². The van der Waals surface area contributed by atoms with E-state index in [2.05, 4.69) is 0 Å². The second kappa shape index (κ2) is 6.07. The molecule has 0 aromatic heterocycles. The molecule has 1 aliphatic carbocycles. The van der Waals surface area contributed by atoms with E-state index in [4.69, 9.17) is 5.11 Å². The monoisotopic (exact) mass is 275 g/mol. The Morgan fingerprint density at radius 3 is 2.60 bits per heavy atom. The summed E-state index contributed by atoms with van der Waals surface area (Å²) in [4.78, 5) is 25.0. The Bertz CT molecular complexity index is 508. The summed E-state index contributed by atoms with van der Waals surface area (Å²) in [7, 11) is 1.80. The van der Waals surface area contributed by atoms with Crippen LogP contribution >= 0.6 is 0 Å². The zero-order valence-corrected chi connectivity index (χ0v) is 12.0. The van der Waals surface area contributed by atoms with Crippen LogP contribution in [-0.2, 0) is 11.2 Å². The maximum absolute atomic E-state index is 12.2. The molecule has 0 radical (unpaired) electrons. The summed E-state index contributed by atoms with van der Waals surface area (Å²) < 4.78 is 0. The van der Waals surface area contributed by atoms with E-state index in [-0.39, 0.29) is 11.8 Å². The molecular formula is C16H21NO3. The molecule has 0 bridgehead atoms. The molecule has 1 unspecified atom stereocenters. The number of carbonyl (C=O) groups excluding carboxylic acids is 1. The van der Waals surface area contributed by atoms with Crippen LogP contribution < -0.4 is 0 Å². The van der Waals surface area contributed by atoms with Gasteiger partial charge in [-0.05, 0) is 36.8 Å². The number of likely N-dealkylation sites (N-methyl/N-ethyl adjacent to an activating group) is 1. The normalized spacial score (nSPS) is 15.7. The number of nitrogens with zero attached hydrogens (tertiary/aromatic N) is 1. The number of carbonyl (C=O) groups is 2. The molecule has 1 aliphatic rings. The topological polar surface area (TPSA) is 57.6 Å². The molecule has 1 saturated carbocycles. The number of carboxylic acid groups (broad SMARTS) is 1. The summed E-state index contributed by atoms with van der Waals surface area (Å²) in [6.45, 7) is 2.54. The lowest BCUT2D eigenvalue weighted by molar-refractivity contribution is -0.134. The fourth-order valence-corrected chi connectivity index (χ4v) is 2.49. The largest absolute Gasteiger partial charge is 0.478 e. The smallest absolute Gasteiger partial charge is 0.335 e. The average molecular weight is 275 g/mol. The minimum Gasteiger partial charge on any atom is -0.478 e. The van der Waals surface area contributed by atoms with E-state index in [0.29, 0.717) is 24.4 Å². The molecule has 1 N–H and O–H groups in total. The number of aromatic carboxylic acids is 1. The molecule has 108 valence electrons. The predicted octanol–water partition coefficient (Wildman–Crippen LogP) is 2.43. The van der Waals surface area contributed by atoms with Gasteiger partial charge in [-0.15, -0.1) is 0 Å². The fourth-order valence-electron chi connectivity index (χ4n) is 2.49. The van der Waals surface area contributed by atoms with Crippen LogP contribution in [-0.4, -0.2) is 35.5 Å². The molecule has 1 amide bonds. The van der Waals surface area contributed by atoms with Crippen molar-refractivity contribution >= 4 is 11.9 Å². The highest BCUT2D eigenvalue weighted by Crippen LogP contribution is 2.37. The first kappa shape index (κ1) is 14.6. The molecular weight excluding hydrogens is 254 g/mol. The maximum atomic E-state index is 12.2. The highest BCUT2D eigenvalue weighted by atomic mass is 16.4. The Hall–Kier alpha value is -1.84. The minimum atomic E-state index is -0.916. The zero-order valence-electron chi connectivity index (χ0n) is 12.0. The third-order valence-electron chi connectivity index (χ3n) is 4.06. The van der Waals surface area contributed by atoms with Crippen LogP contribution in [0.3, 0.4) is 0 Å². The van der Waals surface area contributed by atoms with Gasteiger partial charge in [-0.2, -0.15) is 0 Å². The molecule has 0 heterocycles. The van der Waals surface area contributed by atoms with Crippen molar-refractivity contribution < 1.29 is 14.7 Å². The van der Waals surface area contributed by atoms with E-state index in [0.717, 1.165) is 18.4 Å². The molecule has 0 spiro atoms. The molecule has 0 aliphatic heterocycles. The second-order valence-corrected chi connectivity index (χ2v) is 5.60. The highest BCUT2D eigenvalue weighted by Gasteiger charge is 2.33. The van der Waals surface area contributed by atoms with Gasteiger partial charge in [-0.1, -0.05) is 25.1 Å². The van der Waals surface area contributed by atoms with Crippen LogP contribution in [0.2, 0.25) is 0 Å². The number of hydrogen-bond acceptors (Lipinski definition) is 2. The molecule has 1 aromatic rings. The number of carboxylic acids is 1. The standard InChI is InChI=1S/C16H21NO3/c1-11(12-7-8-12)15(18)17(2)10-9-13-5-3-4-6-14(13)16(19)20/h3-6,11-12H,7-10H2,1-2H3,(H,19,20). The number of rotatable bonds is 6. The summed E-state index contributed by atoms with van der Waals surface area (Å²) in [6, 6.07) is 6.96. The van der Waals surface area contributed by atoms with E-state index in [1.54, 1.807) is 24.1 Å². The van der Waals surface area contributed by atoms with Gasteiger partial charge < -0.3 is 10.0 Å². The van der Waals surface area contributed by atoms with Crippen molar-refractivity contribution in [2.75, 3.05) is 13.6 Å². The SMILES string of the molecule is CC(C(=O)N(C)CCc1ccccc1C(=O)O)C1CC1. The molecule has 20 heavy (non-hydrogen) atoms. The van der Waals surface area contributed by atoms with Crippen LogP contribution in [0.25, 0.3) is 0 Å². The minimum absolute atomic E-state index is 0.0923. The van der Waals surface area contributed by atoms with Gasteiger partial charge in [0.1, 0.15) is 0 Å². The average Bonchev–Trinajstić information content (AvgIpc) is 3.27. The van der Waals surface area contributed by atoms with Gasteiger partial charge in [0.15, 0.2) is 0 Å². The molecule has 1 aromatic carbocycles. The Kier molecular flexibility index (Phi) is 4.42. The van der Waals surface area contributed by atoms with Crippen LogP contribution in [0.15, 0.2) is 24.3 Å². The number of benzene rings is 1. The van der Waals surface area contributed by atoms with Crippen LogP contribution in [0.4, 0.5) is 0 Å². The first-order valence-electron chi connectivity index (χ1n) is 7.07.